The Hall–Kier alpha value is -7.54. The zero-order valence-corrected chi connectivity index (χ0v) is 44.1. The van der Waals surface area contributed by atoms with Gasteiger partial charge in [0.05, 0.1) is 46.6 Å². The number of piperidine rings is 2. The van der Waals surface area contributed by atoms with Gasteiger partial charge in [-0.15, -0.1) is 0 Å². The van der Waals surface area contributed by atoms with E-state index in [-0.39, 0.29) is 60.5 Å². The van der Waals surface area contributed by atoms with Gasteiger partial charge in [-0.05, 0) is 127 Å². The van der Waals surface area contributed by atoms with Crippen LogP contribution in [0.5, 0.6) is 5.75 Å². The van der Waals surface area contributed by atoms with E-state index in [9.17, 15) is 29.1 Å². The molecule has 4 aromatic carbocycles. The van der Waals surface area contributed by atoms with E-state index in [1.54, 1.807) is 11.7 Å². The highest BCUT2D eigenvalue weighted by Gasteiger charge is 2.42. The first-order valence-electron chi connectivity index (χ1n) is 26.1. The van der Waals surface area contributed by atoms with E-state index in [4.69, 9.17) is 14.5 Å². The minimum Gasteiger partial charge on any atom is -0.491 e. The van der Waals surface area contributed by atoms with Crippen molar-refractivity contribution in [3.05, 3.63) is 124 Å². The summed E-state index contributed by atoms with van der Waals surface area (Å²) in [5.74, 6) is -1.43. The van der Waals surface area contributed by atoms with Crippen molar-refractivity contribution < 1.29 is 38.6 Å². The number of aromatic nitrogens is 4. The molecular formula is C58H61N9O8S. The maximum Gasteiger partial charge on any atom is 0.355 e. The van der Waals surface area contributed by atoms with Gasteiger partial charge in [-0.3, -0.25) is 39.4 Å². The van der Waals surface area contributed by atoms with Crippen molar-refractivity contribution in [2.75, 3.05) is 41.8 Å². The number of nitrogens with one attached hydrogen (secondary N) is 3. The summed E-state index contributed by atoms with van der Waals surface area (Å²) >= 11 is 1.43. The predicted molar refractivity (Wildman–Crippen MR) is 291 cm³/mol. The van der Waals surface area contributed by atoms with Gasteiger partial charge in [-0.1, -0.05) is 68.5 Å². The summed E-state index contributed by atoms with van der Waals surface area (Å²) in [4.78, 5) is 78.9. The molecule has 0 spiro atoms. The second-order valence-corrected chi connectivity index (χ2v) is 22.5. The van der Waals surface area contributed by atoms with E-state index in [1.165, 1.54) is 11.3 Å². The van der Waals surface area contributed by atoms with Crippen LogP contribution in [-0.2, 0) is 44.5 Å². The van der Waals surface area contributed by atoms with Gasteiger partial charge < -0.3 is 24.8 Å². The van der Waals surface area contributed by atoms with Crippen molar-refractivity contribution in [2.24, 2.45) is 7.05 Å². The number of amides is 4. The molecule has 11 rings (SSSR count). The summed E-state index contributed by atoms with van der Waals surface area (Å²) in [5, 5.41) is 25.4. The number of hydrogen-bond donors (Lipinski definition) is 4. The Bertz CT molecular complexity index is 3430. The average Bonchev–Trinajstić information content (AvgIpc) is 4.04. The van der Waals surface area contributed by atoms with Crippen LogP contribution >= 0.6 is 11.3 Å². The van der Waals surface area contributed by atoms with Crippen LogP contribution in [0.15, 0.2) is 84.9 Å². The highest BCUT2D eigenvalue weighted by Crippen LogP contribution is 2.42. The number of ether oxygens (including phenoxy) is 2. The van der Waals surface area contributed by atoms with Crippen molar-refractivity contribution in [1.29, 1.82) is 0 Å². The molecular weight excluding hydrogens is 983 g/mol. The third-order valence-electron chi connectivity index (χ3n) is 15.5. The fraction of sp³-hybridized carbons (Fsp3) is 0.379. The first-order valence-corrected chi connectivity index (χ1v) is 26.9. The first kappa shape index (κ1) is 50.6. The van der Waals surface area contributed by atoms with Crippen LogP contribution in [0.4, 0.5) is 16.6 Å². The molecule has 4 atom stereocenters. The molecule has 7 aromatic rings. The molecule has 4 aliphatic heterocycles. The number of thiazole rings is 1. The predicted octanol–water partition coefficient (Wildman–Crippen LogP) is 8.91. The molecule has 4 amide bonds. The number of aromatic carboxylic acids is 1. The number of hydrogen-bond acceptors (Lipinski definition) is 13. The number of nitrogens with zero attached hydrogens (tertiary/aromatic N) is 6. The van der Waals surface area contributed by atoms with Crippen LogP contribution in [0.25, 0.3) is 32.2 Å². The number of carbonyl (C=O) groups is 5. The van der Waals surface area contributed by atoms with Crippen LogP contribution in [0.3, 0.4) is 0 Å². The minimum absolute atomic E-state index is 0.0253. The molecule has 4 N–H and O–H groups in total. The molecule has 76 heavy (non-hydrogen) atoms. The van der Waals surface area contributed by atoms with Crippen LogP contribution in [0.1, 0.15) is 114 Å². The SMILES string of the molecule is Cc1c(OCCOC2C[C@H]3CC[C@@H](C2)N3CC(=O)Nc2ccc3c(C4CCC(=O)NC4=O)nn(C)c3c2)cccc1-c1c(C(C)(C)C)cc(N2CCc3cccc(C(=O)Nc4nc5ccccc5s4)c3C2)nc1C(=O)O. The third-order valence-corrected chi connectivity index (χ3v) is 16.5. The Morgan fingerprint density at radius 1 is 0.895 bits per heavy atom. The molecule has 3 saturated heterocycles. The number of pyridine rings is 1. The second-order valence-electron chi connectivity index (χ2n) is 21.5. The number of rotatable bonds is 14. The monoisotopic (exact) mass is 1040 g/mol. The average molecular weight is 1040 g/mol. The topological polar surface area (TPSA) is 210 Å². The fourth-order valence-corrected chi connectivity index (χ4v) is 12.6. The smallest absolute Gasteiger partial charge is 0.355 e. The van der Waals surface area contributed by atoms with Gasteiger partial charge in [0.2, 0.25) is 17.7 Å². The maximum absolute atomic E-state index is 13.8. The van der Waals surface area contributed by atoms with E-state index in [1.807, 2.05) is 91.9 Å². The van der Waals surface area contributed by atoms with Crippen molar-refractivity contribution in [2.45, 2.75) is 109 Å². The van der Waals surface area contributed by atoms with Crippen LogP contribution in [0, 0.1) is 6.92 Å². The third kappa shape index (κ3) is 10.0. The zero-order valence-electron chi connectivity index (χ0n) is 43.3. The largest absolute Gasteiger partial charge is 0.491 e. The standard InChI is InChI=1S/C58H61N9O8S/c1-32-38(51-43(58(2,3)4)29-48(61-53(51)56(72)73)66-23-22-33-10-8-12-39(42(33)30-66)54(70)63-57-60-44-13-6-7-15-47(44)76-57)11-9-14-46(32)75-25-24-74-37-27-35-17-18-36(28-37)67(35)31-50(69)59-34-16-19-40-45(26-34)65(5)64-52(40)41-20-21-49(68)62-55(41)71/h6-16,19,26,29,35-37,41H,17-18,20-25,27-28,30-31H2,1-5H3,(H,59,69)(H,72,73)(H,60,63,70)(H,62,68,71)/t35-,36+,37?,41?. The number of carbonyl (C=O) groups excluding carboxylic acids is 4. The Morgan fingerprint density at radius 3 is 2.45 bits per heavy atom. The molecule has 4 aliphatic rings. The molecule has 2 unspecified atom stereocenters. The summed E-state index contributed by atoms with van der Waals surface area (Å²) in [6.07, 6.45) is 4.96. The highest BCUT2D eigenvalue weighted by atomic mass is 32.1. The Morgan fingerprint density at radius 2 is 1.68 bits per heavy atom. The Labute approximate surface area is 444 Å². The number of para-hydroxylation sites is 1. The van der Waals surface area contributed by atoms with Crippen molar-refractivity contribution in [1.82, 2.24) is 30.0 Å². The van der Waals surface area contributed by atoms with Gasteiger partial charge >= 0.3 is 5.97 Å². The van der Waals surface area contributed by atoms with E-state index < -0.39 is 17.3 Å². The summed E-state index contributed by atoms with van der Waals surface area (Å²) in [7, 11) is 1.81. The van der Waals surface area contributed by atoms with Crippen LogP contribution < -0.4 is 25.6 Å². The minimum atomic E-state index is -1.14. The fourth-order valence-electron chi connectivity index (χ4n) is 11.8. The molecule has 7 heterocycles. The molecule has 392 valence electrons. The number of fused-ring (bicyclic) bond motifs is 5. The molecule has 0 saturated carbocycles. The van der Waals surface area contributed by atoms with Gasteiger partial charge in [-0.2, -0.15) is 5.10 Å². The van der Waals surface area contributed by atoms with Crippen molar-refractivity contribution in [3.63, 3.8) is 0 Å². The van der Waals surface area contributed by atoms with E-state index in [0.29, 0.717) is 78.4 Å². The molecule has 17 nitrogen and oxygen atoms in total. The lowest BCUT2D eigenvalue weighted by molar-refractivity contribution is -0.134. The molecule has 3 fully saturated rings. The van der Waals surface area contributed by atoms with E-state index >= 15 is 0 Å². The summed E-state index contributed by atoms with van der Waals surface area (Å²) in [5.41, 5.74) is 7.73. The molecule has 3 aromatic heterocycles. The summed E-state index contributed by atoms with van der Waals surface area (Å²) < 4.78 is 15.5. The molecule has 2 bridgehead atoms. The number of benzene rings is 4. The Balaban J connectivity index is 0.724. The van der Waals surface area contributed by atoms with Gasteiger partial charge in [0.15, 0.2) is 10.8 Å². The lowest BCUT2D eigenvalue weighted by Gasteiger charge is -2.38. The number of anilines is 3. The number of carboxylic acids is 1. The van der Waals surface area contributed by atoms with Gasteiger partial charge in [0, 0.05) is 60.8 Å². The first-order chi connectivity index (χ1) is 36.6. The molecule has 0 radical (unpaired) electrons. The summed E-state index contributed by atoms with van der Waals surface area (Å²) in [6, 6.07) is 27.3. The number of carboxylic acid groups (broad SMARTS) is 1. The van der Waals surface area contributed by atoms with Gasteiger partial charge in [0.1, 0.15) is 18.2 Å². The zero-order chi connectivity index (χ0) is 53.0. The van der Waals surface area contributed by atoms with Gasteiger partial charge in [-0.25, -0.2) is 14.8 Å². The van der Waals surface area contributed by atoms with Gasteiger partial charge in [0.25, 0.3) is 5.91 Å². The molecule has 18 heteroatoms. The van der Waals surface area contributed by atoms with Crippen LogP contribution in [0.2, 0.25) is 0 Å². The normalized spacial score (nSPS) is 19.7. The molecule has 0 aliphatic carbocycles. The quantitative estimate of drug-likeness (QED) is 0.0593. The number of aryl methyl sites for hydroxylation is 1. The maximum atomic E-state index is 13.8. The van der Waals surface area contributed by atoms with E-state index in [0.717, 1.165) is 74.6 Å². The number of imide groups is 1. The summed E-state index contributed by atoms with van der Waals surface area (Å²) in [6.45, 7) is 10.1. The lowest BCUT2D eigenvalue weighted by atomic mass is 9.80. The van der Waals surface area contributed by atoms with E-state index in [2.05, 4.69) is 56.6 Å². The second kappa shape index (κ2) is 20.5. The highest BCUT2D eigenvalue weighted by molar-refractivity contribution is 7.22. The van der Waals surface area contributed by atoms with Crippen LogP contribution in [-0.4, -0.2) is 104 Å². The lowest BCUT2D eigenvalue weighted by Crippen LogP contribution is -2.48. The van der Waals surface area contributed by atoms with Crippen molar-refractivity contribution >= 4 is 78.7 Å². The Kier molecular flexibility index (Phi) is 13.7. The van der Waals surface area contributed by atoms with Crippen molar-refractivity contribution in [3.8, 4) is 16.9 Å².